The highest BCUT2D eigenvalue weighted by molar-refractivity contribution is 9.10. The van der Waals surface area contributed by atoms with E-state index in [0.717, 1.165) is 10.0 Å². The van der Waals surface area contributed by atoms with Crippen molar-refractivity contribution in [2.24, 2.45) is 5.16 Å². The molecule has 1 heterocycles. The van der Waals surface area contributed by atoms with E-state index < -0.39 is 0 Å². The minimum absolute atomic E-state index is 0.237. The smallest absolute Gasteiger partial charge is 0.231 e. The first kappa shape index (κ1) is 9.33. The van der Waals surface area contributed by atoms with Crippen LogP contribution in [0, 0.1) is 0 Å². The summed E-state index contributed by atoms with van der Waals surface area (Å²) in [4.78, 5) is 0. The number of rotatable bonds is 1. The predicted octanol–water partition coefficient (Wildman–Crippen LogP) is 2.38. The zero-order valence-corrected chi connectivity index (χ0v) is 9.04. The Labute approximate surface area is 89.3 Å². The number of hydrogen-bond donors (Lipinski definition) is 1. The van der Waals surface area contributed by atoms with Gasteiger partial charge in [-0.25, -0.2) is 0 Å². The minimum Gasteiger partial charge on any atom is -0.454 e. The molecule has 1 N–H and O–H groups in total. The SMILES string of the molecule is C/C(=N/O)c1cc2c(cc1Br)OCO2. The molecule has 1 aromatic rings. The summed E-state index contributed by atoms with van der Waals surface area (Å²) in [6.45, 7) is 1.95. The molecule has 0 radical (unpaired) electrons. The Morgan fingerprint density at radius 1 is 1.43 bits per heavy atom. The Bertz CT molecular complexity index is 403. The van der Waals surface area contributed by atoms with Gasteiger partial charge in [0.05, 0.1) is 5.71 Å². The van der Waals surface area contributed by atoms with Crippen molar-refractivity contribution >= 4 is 21.6 Å². The summed E-state index contributed by atoms with van der Waals surface area (Å²) < 4.78 is 11.2. The lowest BCUT2D eigenvalue weighted by atomic mass is 10.1. The van der Waals surface area contributed by atoms with Crippen LogP contribution in [-0.4, -0.2) is 17.7 Å². The van der Waals surface area contributed by atoms with Crippen molar-refractivity contribution in [1.29, 1.82) is 0 Å². The first-order valence-electron chi connectivity index (χ1n) is 4.00. The molecule has 5 heteroatoms. The van der Waals surface area contributed by atoms with E-state index in [1.165, 1.54) is 0 Å². The number of hydrogen-bond acceptors (Lipinski definition) is 4. The van der Waals surface area contributed by atoms with E-state index in [9.17, 15) is 0 Å². The van der Waals surface area contributed by atoms with Gasteiger partial charge in [-0.3, -0.25) is 0 Å². The third-order valence-electron chi connectivity index (χ3n) is 2.00. The van der Waals surface area contributed by atoms with E-state index in [1.807, 2.05) is 0 Å². The highest BCUT2D eigenvalue weighted by atomic mass is 79.9. The number of oxime groups is 1. The Balaban J connectivity index is 2.53. The van der Waals surface area contributed by atoms with Gasteiger partial charge < -0.3 is 14.7 Å². The molecule has 1 aromatic carbocycles. The summed E-state index contributed by atoms with van der Waals surface area (Å²) in [6, 6.07) is 3.58. The second-order valence-corrected chi connectivity index (χ2v) is 3.73. The largest absolute Gasteiger partial charge is 0.454 e. The number of halogens is 1. The van der Waals surface area contributed by atoms with E-state index in [2.05, 4.69) is 21.1 Å². The molecule has 0 spiro atoms. The molecule has 4 nitrogen and oxygen atoms in total. The highest BCUT2D eigenvalue weighted by Crippen LogP contribution is 2.37. The second kappa shape index (κ2) is 3.49. The zero-order valence-electron chi connectivity index (χ0n) is 7.45. The second-order valence-electron chi connectivity index (χ2n) is 2.87. The fraction of sp³-hybridized carbons (Fsp3) is 0.222. The Morgan fingerprint density at radius 3 is 2.71 bits per heavy atom. The van der Waals surface area contributed by atoms with Crippen molar-refractivity contribution in [3.05, 3.63) is 22.2 Å². The lowest BCUT2D eigenvalue weighted by Gasteiger charge is -2.04. The molecule has 74 valence electrons. The molecule has 0 fully saturated rings. The average Bonchev–Trinajstić information content (AvgIpc) is 2.62. The molecule has 1 aliphatic heterocycles. The standard InChI is InChI=1S/C9H8BrNO3/c1-5(11-12)6-2-8-9(3-7(6)10)14-4-13-8/h2-3,12H,4H2,1H3/b11-5-. The molecule has 0 unspecified atom stereocenters. The molecule has 2 rings (SSSR count). The molecule has 14 heavy (non-hydrogen) atoms. The predicted molar refractivity (Wildman–Crippen MR) is 54.3 cm³/mol. The topological polar surface area (TPSA) is 51.1 Å². The van der Waals surface area contributed by atoms with Gasteiger partial charge in [0.25, 0.3) is 0 Å². The summed E-state index contributed by atoms with van der Waals surface area (Å²) in [5, 5.41) is 11.8. The third-order valence-corrected chi connectivity index (χ3v) is 2.66. The monoisotopic (exact) mass is 257 g/mol. The summed E-state index contributed by atoms with van der Waals surface area (Å²) in [7, 11) is 0. The van der Waals surface area contributed by atoms with Gasteiger partial charge in [-0.05, 0) is 35.0 Å². The maximum atomic E-state index is 8.66. The molecule has 0 atom stereocenters. The maximum Gasteiger partial charge on any atom is 0.231 e. The quantitative estimate of drug-likeness (QED) is 0.478. The van der Waals surface area contributed by atoms with Gasteiger partial charge in [-0.1, -0.05) is 5.16 Å². The molecule has 0 saturated heterocycles. The summed E-state index contributed by atoms with van der Waals surface area (Å²) >= 11 is 3.36. The van der Waals surface area contributed by atoms with E-state index >= 15 is 0 Å². The fourth-order valence-corrected chi connectivity index (χ4v) is 1.86. The van der Waals surface area contributed by atoms with Crippen LogP contribution < -0.4 is 9.47 Å². The minimum atomic E-state index is 0.237. The lowest BCUT2D eigenvalue weighted by molar-refractivity contribution is 0.174. The molecular formula is C9H8BrNO3. The lowest BCUT2D eigenvalue weighted by Crippen LogP contribution is -1.96. The summed E-state index contributed by atoms with van der Waals surface area (Å²) in [6.07, 6.45) is 0. The van der Waals surface area contributed by atoms with Crippen LogP contribution in [0.15, 0.2) is 21.8 Å². The first-order chi connectivity index (χ1) is 6.72. The molecule has 0 aromatic heterocycles. The number of fused-ring (bicyclic) bond motifs is 1. The Morgan fingerprint density at radius 2 is 2.07 bits per heavy atom. The van der Waals surface area contributed by atoms with E-state index in [0.29, 0.717) is 17.2 Å². The van der Waals surface area contributed by atoms with Crippen molar-refractivity contribution in [2.75, 3.05) is 6.79 Å². The van der Waals surface area contributed by atoms with Crippen molar-refractivity contribution < 1.29 is 14.7 Å². The highest BCUT2D eigenvalue weighted by Gasteiger charge is 2.17. The molecule has 0 amide bonds. The van der Waals surface area contributed by atoms with Gasteiger partial charge in [0, 0.05) is 10.0 Å². The van der Waals surface area contributed by atoms with Crippen LogP contribution in [-0.2, 0) is 0 Å². The van der Waals surface area contributed by atoms with Crippen LogP contribution in [0.25, 0.3) is 0 Å². The number of ether oxygens (including phenoxy) is 2. The van der Waals surface area contributed by atoms with Gasteiger partial charge in [0.1, 0.15) is 0 Å². The molecule has 1 aliphatic rings. The molecule has 0 bridgehead atoms. The van der Waals surface area contributed by atoms with Crippen LogP contribution in [0.5, 0.6) is 11.5 Å². The van der Waals surface area contributed by atoms with Gasteiger partial charge in [0.2, 0.25) is 6.79 Å². The van der Waals surface area contributed by atoms with Crippen LogP contribution >= 0.6 is 15.9 Å². The first-order valence-corrected chi connectivity index (χ1v) is 4.80. The van der Waals surface area contributed by atoms with E-state index in [-0.39, 0.29) is 6.79 Å². The number of nitrogens with zero attached hydrogens (tertiary/aromatic N) is 1. The van der Waals surface area contributed by atoms with Crippen molar-refractivity contribution in [3.8, 4) is 11.5 Å². The van der Waals surface area contributed by atoms with Crippen LogP contribution in [0.1, 0.15) is 12.5 Å². The van der Waals surface area contributed by atoms with E-state index in [1.54, 1.807) is 19.1 Å². The fourth-order valence-electron chi connectivity index (χ4n) is 1.25. The van der Waals surface area contributed by atoms with Crippen molar-refractivity contribution in [1.82, 2.24) is 0 Å². The Kier molecular flexibility index (Phi) is 2.33. The summed E-state index contributed by atoms with van der Waals surface area (Å²) in [5.74, 6) is 1.37. The van der Waals surface area contributed by atoms with Gasteiger partial charge >= 0.3 is 0 Å². The van der Waals surface area contributed by atoms with Crippen molar-refractivity contribution in [3.63, 3.8) is 0 Å². The summed E-state index contributed by atoms with van der Waals surface area (Å²) in [5.41, 5.74) is 1.31. The van der Waals surface area contributed by atoms with Gasteiger partial charge in [-0.15, -0.1) is 0 Å². The van der Waals surface area contributed by atoms with Crippen LogP contribution in [0.4, 0.5) is 0 Å². The Hall–Kier alpha value is -1.23. The molecule has 0 aliphatic carbocycles. The zero-order chi connectivity index (χ0) is 10.1. The average molecular weight is 258 g/mol. The van der Waals surface area contributed by atoms with Crippen molar-refractivity contribution in [2.45, 2.75) is 6.92 Å². The van der Waals surface area contributed by atoms with E-state index in [4.69, 9.17) is 14.7 Å². The number of benzene rings is 1. The maximum absolute atomic E-state index is 8.66. The normalized spacial score (nSPS) is 14.6. The van der Waals surface area contributed by atoms with Gasteiger partial charge in [-0.2, -0.15) is 0 Å². The molecular weight excluding hydrogens is 250 g/mol. The van der Waals surface area contributed by atoms with Crippen LogP contribution in [0.3, 0.4) is 0 Å². The molecule has 0 saturated carbocycles. The third kappa shape index (κ3) is 1.43. The van der Waals surface area contributed by atoms with Crippen LogP contribution in [0.2, 0.25) is 0 Å². The van der Waals surface area contributed by atoms with Gasteiger partial charge in [0.15, 0.2) is 11.5 Å².